The van der Waals surface area contributed by atoms with E-state index in [1.807, 2.05) is 36.4 Å². The number of pyridine rings is 1. The molecule has 1 fully saturated rings. The molecule has 1 amide bonds. The van der Waals surface area contributed by atoms with E-state index in [1.165, 1.54) is 12.5 Å². The second-order valence-corrected chi connectivity index (χ2v) is 6.65. The first kappa shape index (κ1) is 17.2. The Morgan fingerprint density at radius 3 is 2.55 bits per heavy atom. The molecule has 1 aliphatic rings. The predicted molar refractivity (Wildman–Crippen MR) is 102 cm³/mol. The van der Waals surface area contributed by atoms with Crippen molar-refractivity contribution in [2.75, 3.05) is 13.1 Å². The van der Waals surface area contributed by atoms with E-state index >= 15 is 0 Å². The fourth-order valence-electron chi connectivity index (χ4n) is 3.07. The van der Waals surface area contributed by atoms with Gasteiger partial charge in [-0.25, -0.2) is 0 Å². The molecule has 0 spiro atoms. The van der Waals surface area contributed by atoms with Gasteiger partial charge in [-0.2, -0.15) is 4.98 Å². The SMILES string of the molecule is O=C(c1ccoc1)N1CC(Oc2ccc(-c3noc(-c4ccncc4)n3)cc2)C1. The molecule has 0 bridgehead atoms. The van der Waals surface area contributed by atoms with Crippen LogP contribution in [0.1, 0.15) is 10.4 Å². The zero-order valence-corrected chi connectivity index (χ0v) is 15.3. The molecule has 4 heterocycles. The summed E-state index contributed by atoms with van der Waals surface area (Å²) in [6.45, 7) is 1.10. The molecule has 0 atom stereocenters. The maximum Gasteiger partial charge on any atom is 0.258 e. The average Bonchev–Trinajstić information content (AvgIpc) is 3.43. The quantitative estimate of drug-likeness (QED) is 0.518. The predicted octanol–water partition coefficient (Wildman–Crippen LogP) is 3.30. The molecule has 144 valence electrons. The lowest BCUT2D eigenvalue weighted by Gasteiger charge is -2.38. The van der Waals surface area contributed by atoms with Crippen LogP contribution in [0.5, 0.6) is 5.75 Å². The van der Waals surface area contributed by atoms with E-state index in [-0.39, 0.29) is 12.0 Å². The Balaban J connectivity index is 1.20. The molecule has 0 radical (unpaired) electrons. The molecular formula is C21H16N4O4. The summed E-state index contributed by atoms with van der Waals surface area (Å²) in [6.07, 6.45) is 6.27. The Labute approximate surface area is 165 Å². The van der Waals surface area contributed by atoms with Gasteiger partial charge in [0.2, 0.25) is 5.82 Å². The summed E-state index contributed by atoms with van der Waals surface area (Å²) in [6, 6.07) is 12.8. The molecule has 1 aromatic carbocycles. The largest absolute Gasteiger partial charge is 0.487 e. The smallest absolute Gasteiger partial charge is 0.258 e. The van der Waals surface area contributed by atoms with Gasteiger partial charge >= 0.3 is 0 Å². The maximum absolute atomic E-state index is 12.2. The minimum absolute atomic E-state index is 0.0276. The number of carbonyl (C=O) groups is 1. The van der Waals surface area contributed by atoms with Crippen molar-refractivity contribution in [3.8, 4) is 28.6 Å². The first-order valence-corrected chi connectivity index (χ1v) is 9.09. The number of nitrogens with zero attached hydrogens (tertiary/aromatic N) is 4. The molecule has 1 saturated heterocycles. The van der Waals surface area contributed by atoms with Crippen LogP contribution >= 0.6 is 0 Å². The number of likely N-dealkylation sites (tertiary alicyclic amines) is 1. The van der Waals surface area contributed by atoms with Crippen LogP contribution in [0.3, 0.4) is 0 Å². The number of ether oxygens (including phenoxy) is 1. The lowest BCUT2D eigenvalue weighted by molar-refractivity contribution is 0.0177. The van der Waals surface area contributed by atoms with Crippen LogP contribution in [0, 0.1) is 0 Å². The van der Waals surface area contributed by atoms with Gasteiger partial charge in [0.15, 0.2) is 0 Å². The molecule has 3 aromatic heterocycles. The highest BCUT2D eigenvalue weighted by Crippen LogP contribution is 2.25. The summed E-state index contributed by atoms with van der Waals surface area (Å²) in [4.78, 5) is 22.3. The second kappa shape index (κ2) is 7.23. The third-order valence-corrected chi connectivity index (χ3v) is 4.67. The number of hydrogen-bond acceptors (Lipinski definition) is 7. The molecule has 1 aliphatic heterocycles. The highest BCUT2D eigenvalue weighted by atomic mass is 16.5. The van der Waals surface area contributed by atoms with Crippen LogP contribution in [0.2, 0.25) is 0 Å². The molecule has 5 rings (SSSR count). The number of carbonyl (C=O) groups excluding carboxylic acids is 1. The van der Waals surface area contributed by atoms with Crippen molar-refractivity contribution in [2.45, 2.75) is 6.10 Å². The van der Waals surface area contributed by atoms with Gasteiger partial charge in [0.25, 0.3) is 11.8 Å². The summed E-state index contributed by atoms with van der Waals surface area (Å²) >= 11 is 0. The Bertz CT molecular complexity index is 1100. The fraction of sp³-hybridized carbons (Fsp3) is 0.143. The van der Waals surface area contributed by atoms with Crippen molar-refractivity contribution in [3.05, 3.63) is 72.9 Å². The van der Waals surface area contributed by atoms with Gasteiger partial charge in [0.05, 0.1) is 24.9 Å². The van der Waals surface area contributed by atoms with Gasteiger partial charge in [0, 0.05) is 23.5 Å². The lowest BCUT2D eigenvalue weighted by atomic mass is 10.1. The van der Waals surface area contributed by atoms with E-state index in [1.54, 1.807) is 23.4 Å². The summed E-state index contributed by atoms with van der Waals surface area (Å²) in [5, 5.41) is 4.04. The third-order valence-electron chi connectivity index (χ3n) is 4.67. The van der Waals surface area contributed by atoms with Crippen molar-refractivity contribution in [3.63, 3.8) is 0 Å². The first-order valence-electron chi connectivity index (χ1n) is 9.09. The van der Waals surface area contributed by atoms with Crippen LogP contribution < -0.4 is 4.74 Å². The Kier molecular flexibility index (Phi) is 4.28. The van der Waals surface area contributed by atoms with E-state index in [2.05, 4.69) is 15.1 Å². The highest BCUT2D eigenvalue weighted by Gasteiger charge is 2.33. The molecular weight excluding hydrogens is 372 g/mol. The topological polar surface area (TPSA) is 94.5 Å². The first-order chi connectivity index (χ1) is 14.3. The van der Waals surface area contributed by atoms with Crippen LogP contribution in [0.15, 0.2) is 76.3 Å². The van der Waals surface area contributed by atoms with Crippen LogP contribution in [-0.4, -0.2) is 45.1 Å². The van der Waals surface area contributed by atoms with Crippen molar-refractivity contribution in [1.29, 1.82) is 0 Å². The summed E-state index contributed by atoms with van der Waals surface area (Å²) in [5.41, 5.74) is 2.20. The second-order valence-electron chi connectivity index (χ2n) is 6.65. The van der Waals surface area contributed by atoms with Gasteiger partial charge < -0.3 is 18.6 Å². The number of furan rings is 1. The third kappa shape index (κ3) is 3.47. The van der Waals surface area contributed by atoms with E-state index in [0.29, 0.717) is 30.4 Å². The molecule has 0 saturated carbocycles. The molecule has 8 nitrogen and oxygen atoms in total. The van der Waals surface area contributed by atoms with E-state index < -0.39 is 0 Å². The summed E-state index contributed by atoms with van der Waals surface area (Å²) < 4.78 is 16.2. The summed E-state index contributed by atoms with van der Waals surface area (Å²) in [7, 11) is 0. The number of rotatable bonds is 5. The molecule has 4 aromatic rings. The monoisotopic (exact) mass is 388 g/mol. The number of amides is 1. The van der Waals surface area contributed by atoms with Crippen molar-refractivity contribution in [1.82, 2.24) is 20.0 Å². The van der Waals surface area contributed by atoms with Crippen LogP contribution in [-0.2, 0) is 0 Å². The van der Waals surface area contributed by atoms with Crippen LogP contribution in [0.25, 0.3) is 22.8 Å². The lowest BCUT2D eigenvalue weighted by Crippen LogP contribution is -2.56. The van der Waals surface area contributed by atoms with Crippen molar-refractivity contribution < 1.29 is 18.5 Å². The minimum Gasteiger partial charge on any atom is -0.487 e. The summed E-state index contributed by atoms with van der Waals surface area (Å²) in [5.74, 6) is 1.63. The molecule has 0 aliphatic carbocycles. The molecule has 29 heavy (non-hydrogen) atoms. The maximum atomic E-state index is 12.2. The fourth-order valence-corrected chi connectivity index (χ4v) is 3.07. The van der Waals surface area contributed by atoms with Crippen molar-refractivity contribution >= 4 is 5.91 Å². The molecule has 0 unspecified atom stereocenters. The highest BCUT2D eigenvalue weighted by molar-refractivity contribution is 5.94. The number of aromatic nitrogens is 3. The van der Waals surface area contributed by atoms with E-state index in [9.17, 15) is 4.79 Å². The molecule has 0 N–H and O–H groups in total. The van der Waals surface area contributed by atoms with Gasteiger partial charge in [-0.3, -0.25) is 9.78 Å². The van der Waals surface area contributed by atoms with E-state index in [4.69, 9.17) is 13.7 Å². The van der Waals surface area contributed by atoms with Gasteiger partial charge in [-0.15, -0.1) is 0 Å². The van der Waals surface area contributed by atoms with E-state index in [0.717, 1.165) is 16.9 Å². The number of benzene rings is 1. The molecule has 8 heteroatoms. The van der Waals surface area contributed by atoms with Gasteiger partial charge in [-0.1, -0.05) is 5.16 Å². The number of hydrogen-bond donors (Lipinski definition) is 0. The Morgan fingerprint density at radius 2 is 1.83 bits per heavy atom. The zero-order chi connectivity index (χ0) is 19.6. The standard InChI is InChI=1S/C21H16N4O4/c26-21(16-7-10-27-13-16)25-11-18(12-25)28-17-3-1-14(2-4-17)19-23-20(29-24-19)15-5-8-22-9-6-15/h1-10,13,18H,11-12H2. The Hall–Kier alpha value is -3.94. The van der Waals surface area contributed by atoms with Crippen molar-refractivity contribution in [2.24, 2.45) is 0 Å². The Morgan fingerprint density at radius 1 is 1.03 bits per heavy atom. The normalized spacial score (nSPS) is 13.9. The van der Waals surface area contributed by atoms with Crippen LogP contribution in [0.4, 0.5) is 0 Å². The minimum atomic E-state index is -0.0453. The van der Waals surface area contributed by atoms with Gasteiger partial charge in [-0.05, 0) is 42.5 Å². The average molecular weight is 388 g/mol. The van der Waals surface area contributed by atoms with Gasteiger partial charge in [0.1, 0.15) is 18.1 Å². The zero-order valence-electron chi connectivity index (χ0n) is 15.3.